The molecule has 0 radical (unpaired) electrons. The number of hydrogen-bond donors (Lipinski definition) is 1. The average Bonchev–Trinajstić information content (AvgIpc) is 2.77. The van der Waals surface area contributed by atoms with Crippen LogP contribution in [-0.2, 0) is 11.3 Å². The molecule has 0 fully saturated rings. The minimum atomic E-state index is -0.157. The molecule has 0 bridgehead atoms. The van der Waals surface area contributed by atoms with Crippen LogP contribution in [0.1, 0.15) is 5.56 Å². The number of thioether (sulfide) groups is 1. The maximum Gasteiger partial charge on any atom is 0.262 e. The van der Waals surface area contributed by atoms with Gasteiger partial charge in [-0.1, -0.05) is 58.0 Å². The van der Waals surface area contributed by atoms with Crippen LogP contribution in [0.5, 0.6) is 0 Å². The summed E-state index contributed by atoms with van der Waals surface area (Å²) in [7, 11) is 0. The zero-order chi connectivity index (χ0) is 21.8. The number of fused-ring (bicyclic) bond motifs is 1. The Balaban J connectivity index is 1.62. The van der Waals surface area contributed by atoms with E-state index in [9.17, 15) is 9.59 Å². The summed E-state index contributed by atoms with van der Waals surface area (Å²) in [6.07, 6.45) is 0. The molecule has 1 amide bonds. The molecule has 1 aromatic heterocycles. The Labute approximate surface area is 205 Å². The Kier molecular flexibility index (Phi) is 7.09. The summed E-state index contributed by atoms with van der Waals surface area (Å²) in [5, 5.41) is 3.97. The Morgan fingerprint density at radius 2 is 1.81 bits per heavy atom. The summed E-state index contributed by atoms with van der Waals surface area (Å²) in [5.41, 5.74) is 2.24. The van der Waals surface area contributed by atoms with Gasteiger partial charge in [-0.05, 0) is 70.6 Å². The molecule has 4 rings (SSSR count). The minimum absolute atomic E-state index is 0.108. The van der Waals surface area contributed by atoms with Gasteiger partial charge in [0.1, 0.15) is 0 Å². The first kappa shape index (κ1) is 22.0. The first-order chi connectivity index (χ1) is 15.0. The highest BCUT2D eigenvalue weighted by molar-refractivity contribution is 14.1. The molecule has 0 unspecified atom stereocenters. The zero-order valence-corrected chi connectivity index (χ0v) is 20.8. The van der Waals surface area contributed by atoms with Gasteiger partial charge in [0.05, 0.1) is 23.2 Å². The lowest BCUT2D eigenvalue weighted by molar-refractivity contribution is -0.113. The molecule has 31 heavy (non-hydrogen) atoms. The summed E-state index contributed by atoms with van der Waals surface area (Å²) in [6, 6.07) is 22.8. The van der Waals surface area contributed by atoms with Gasteiger partial charge in [0, 0.05) is 13.7 Å². The Morgan fingerprint density at radius 3 is 2.55 bits per heavy atom. The van der Waals surface area contributed by atoms with E-state index in [0.717, 1.165) is 19.3 Å². The van der Waals surface area contributed by atoms with Crippen LogP contribution in [0.25, 0.3) is 10.9 Å². The van der Waals surface area contributed by atoms with E-state index in [2.05, 4.69) is 43.8 Å². The van der Waals surface area contributed by atoms with Gasteiger partial charge >= 0.3 is 0 Å². The van der Waals surface area contributed by atoms with Crippen LogP contribution in [0.3, 0.4) is 0 Å². The SMILES string of the molecule is O=C(CSc1nc2ccc(I)cc2c(=O)n1Cc1ccccc1)Nc1ccc(Br)cc1. The smallest absolute Gasteiger partial charge is 0.262 e. The van der Waals surface area contributed by atoms with Gasteiger partial charge in [0.25, 0.3) is 5.56 Å². The Bertz CT molecular complexity index is 1290. The highest BCUT2D eigenvalue weighted by Crippen LogP contribution is 2.21. The van der Waals surface area contributed by atoms with Crippen LogP contribution in [-0.4, -0.2) is 21.2 Å². The molecule has 1 N–H and O–H groups in total. The van der Waals surface area contributed by atoms with Crippen molar-refractivity contribution in [3.8, 4) is 0 Å². The first-order valence-electron chi connectivity index (χ1n) is 9.42. The number of nitrogens with one attached hydrogen (secondary N) is 1. The molecule has 3 aromatic carbocycles. The van der Waals surface area contributed by atoms with Crippen LogP contribution >= 0.6 is 50.3 Å². The molecule has 5 nitrogen and oxygen atoms in total. The quantitative estimate of drug-likeness (QED) is 0.178. The van der Waals surface area contributed by atoms with E-state index < -0.39 is 0 Å². The fourth-order valence-corrected chi connectivity index (χ4v) is 4.60. The number of benzene rings is 3. The molecule has 0 aliphatic rings. The van der Waals surface area contributed by atoms with Crippen molar-refractivity contribution in [2.75, 3.05) is 11.1 Å². The van der Waals surface area contributed by atoms with Crippen molar-refractivity contribution < 1.29 is 4.79 Å². The predicted octanol–water partition coefficient (Wildman–Crippen LogP) is 5.54. The number of hydrogen-bond acceptors (Lipinski definition) is 4. The monoisotopic (exact) mass is 605 g/mol. The largest absolute Gasteiger partial charge is 0.325 e. The molecular weight excluding hydrogens is 589 g/mol. The predicted molar refractivity (Wildman–Crippen MR) is 138 cm³/mol. The van der Waals surface area contributed by atoms with Gasteiger partial charge < -0.3 is 5.32 Å². The Morgan fingerprint density at radius 1 is 1.06 bits per heavy atom. The lowest BCUT2D eigenvalue weighted by atomic mass is 10.2. The van der Waals surface area contributed by atoms with Gasteiger partial charge in [-0.15, -0.1) is 0 Å². The fourth-order valence-electron chi connectivity index (χ4n) is 3.05. The lowest BCUT2D eigenvalue weighted by Crippen LogP contribution is -2.25. The second-order valence-corrected chi connectivity index (χ2v) is 9.88. The molecule has 0 spiro atoms. The molecule has 1 heterocycles. The van der Waals surface area contributed by atoms with E-state index in [1.807, 2.05) is 72.8 Å². The number of nitrogens with zero attached hydrogens (tertiary/aromatic N) is 2. The van der Waals surface area contributed by atoms with Crippen LogP contribution < -0.4 is 10.9 Å². The molecule has 0 aliphatic heterocycles. The van der Waals surface area contributed by atoms with E-state index >= 15 is 0 Å². The summed E-state index contributed by atoms with van der Waals surface area (Å²) in [5.74, 6) is -0.0109. The second kappa shape index (κ2) is 9.97. The van der Waals surface area contributed by atoms with Crippen LogP contribution in [0.2, 0.25) is 0 Å². The summed E-state index contributed by atoms with van der Waals surface area (Å²) < 4.78 is 3.56. The highest BCUT2D eigenvalue weighted by atomic mass is 127. The van der Waals surface area contributed by atoms with Crippen LogP contribution in [0.4, 0.5) is 5.69 Å². The summed E-state index contributed by atoms with van der Waals surface area (Å²) in [6.45, 7) is 0.394. The molecule has 0 aliphatic carbocycles. The third-order valence-electron chi connectivity index (χ3n) is 4.53. The number of amides is 1. The molecular formula is C23H17BrIN3O2S. The molecule has 8 heteroatoms. The van der Waals surface area contributed by atoms with Gasteiger partial charge in [-0.2, -0.15) is 0 Å². The topological polar surface area (TPSA) is 64.0 Å². The fraction of sp³-hybridized carbons (Fsp3) is 0.0870. The average molecular weight is 606 g/mol. The van der Waals surface area contributed by atoms with Crippen molar-refractivity contribution >= 4 is 72.8 Å². The van der Waals surface area contributed by atoms with Gasteiger partial charge in [-0.25, -0.2) is 4.98 Å². The van der Waals surface area contributed by atoms with Crippen molar-refractivity contribution in [2.45, 2.75) is 11.7 Å². The molecule has 156 valence electrons. The Hall–Kier alpha value is -2.17. The third kappa shape index (κ3) is 5.55. The molecule has 0 saturated heterocycles. The maximum absolute atomic E-state index is 13.3. The number of anilines is 1. The lowest BCUT2D eigenvalue weighted by Gasteiger charge is -2.13. The van der Waals surface area contributed by atoms with Crippen molar-refractivity contribution in [1.29, 1.82) is 0 Å². The number of carbonyl (C=O) groups excluding carboxylic acids is 1. The van der Waals surface area contributed by atoms with E-state index in [1.165, 1.54) is 11.8 Å². The normalized spacial score (nSPS) is 10.9. The van der Waals surface area contributed by atoms with E-state index in [1.54, 1.807) is 4.57 Å². The standard InChI is InChI=1S/C23H17BrIN3O2S/c24-16-6-9-18(10-7-16)26-21(29)14-31-23-27-20-11-8-17(25)12-19(20)22(30)28(23)13-15-4-2-1-3-5-15/h1-12H,13-14H2,(H,26,29). The number of aromatic nitrogens is 2. The van der Waals surface area contributed by atoms with Crippen molar-refractivity contribution in [2.24, 2.45) is 0 Å². The van der Waals surface area contributed by atoms with Crippen molar-refractivity contribution in [3.05, 3.63) is 96.8 Å². The second-order valence-electron chi connectivity index (χ2n) is 6.78. The van der Waals surface area contributed by atoms with Crippen molar-refractivity contribution in [1.82, 2.24) is 9.55 Å². The van der Waals surface area contributed by atoms with Crippen LogP contribution in [0.15, 0.2) is 87.2 Å². The van der Waals surface area contributed by atoms with Gasteiger partial charge in [0.15, 0.2) is 5.16 Å². The molecule has 0 atom stereocenters. The number of halogens is 2. The highest BCUT2D eigenvalue weighted by Gasteiger charge is 2.14. The van der Waals surface area contributed by atoms with E-state index in [0.29, 0.717) is 22.6 Å². The zero-order valence-electron chi connectivity index (χ0n) is 16.2. The first-order valence-corrected chi connectivity index (χ1v) is 12.3. The molecule has 4 aromatic rings. The number of carbonyl (C=O) groups is 1. The van der Waals surface area contributed by atoms with Crippen LogP contribution in [0, 0.1) is 3.57 Å². The van der Waals surface area contributed by atoms with E-state index in [4.69, 9.17) is 4.98 Å². The number of rotatable bonds is 6. The van der Waals surface area contributed by atoms with Gasteiger partial charge in [0.2, 0.25) is 5.91 Å². The van der Waals surface area contributed by atoms with E-state index in [-0.39, 0.29) is 17.2 Å². The summed E-state index contributed by atoms with van der Waals surface area (Å²) >= 11 is 6.83. The summed E-state index contributed by atoms with van der Waals surface area (Å²) in [4.78, 5) is 30.4. The third-order valence-corrected chi connectivity index (χ3v) is 6.70. The maximum atomic E-state index is 13.3. The minimum Gasteiger partial charge on any atom is -0.325 e. The molecule has 0 saturated carbocycles. The van der Waals surface area contributed by atoms with Crippen molar-refractivity contribution in [3.63, 3.8) is 0 Å². The van der Waals surface area contributed by atoms with Gasteiger partial charge in [-0.3, -0.25) is 14.2 Å².